The number of hydrogen-bond donors (Lipinski definition) is 8. The number of phenolic OH excluding ortho intramolecular Hbond substituents is 3. The summed E-state index contributed by atoms with van der Waals surface area (Å²) in [5.74, 6) is -3.25. The number of ketones is 2. The van der Waals surface area contributed by atoms with Crippen molar-refractivity contribution in [1.29, 1.82) is 0 Å². The van der Waals surface area contributed by atoms with Crippen molar-refractivity contribution < 1.29 is 62.9 Å². The number of ether oxygens (including phenoxy) is 3. The number of aromatic hydroxyl groups is 3. The number of nitrogens with one attached hydrogen (secondary N) is 1. The molecular weight excluding hydrogens is 827 g/mol. The Hall–Kier alpha value is -6.32. The number of hydrogen-bond acceptors (Lipinski definition) is 17. The van der Waals surface area contributed by atoms with Crippen molar-refractivity contribution in [2.75, 3.05) is 13.7 Å². The number of aliphatic hydroxyl groups excluding tert-OH is 2. The largest absolute Gasteiger partial charge is 0.508 e. The molecule has 19 heteroatoms. The fraction of sp³-hybridized carbons (Fsp3) is 0.279. The SMILES string of the molecule is COc1cccc2c1C(=O)c1c(O)c3c(c(O)c1C2=O)C[C@](O)(/C(CO)=N/NS(=O)(=O)c1cc(/N=N\c2ccccc2)c2cc(O)ccc2c1)C[C@@H]3O[C@H]1CC(N)[C@H](O)C(C)O1. The molecule has 9 N–H and O–H groups in total. The van der Waals surface area contributed by atoms with Gasteiger partial charge in [0.15, 0.2) is 12.1 Å². The van der Waals surface area contributed by atoms with Crippen LogP contribution in [0.5, 0.6) is 23.0 Å². The molecule has 1 saturated heterocycles. The van der Waals surface area contributed by atoms with Gasteiger partial charge in [-0.25, -0.2) is 0 Å². The first-order valence-electron chi connectivity index (χ1n) is 19.3. The Balaban J connectivity index is 1.20. The topological polar surface area (TPSA) is 292 Å². The molecule has 5 aromatic rings. The van der Waals surface area contributed by atoms with Crippen LogP contribution in [0, 0.1) is 0 Å². The minimum absolute atomic E-state index is 0.0458. The summed E-state index contributed by atoms with van der Waals surface area (Å²) < 4.78 is 45.4. The minimum Gasteiger partial charge on any atom is -0.508 e. The molecule has 6 atom stereocenters. The van der Waals surface area contributed by atoms with Crippen LogP contribution in [-0.2, 0) is 25.9 Å². The van der Waals surface area contributed by atoms with Crippen molar-refractivity contribution in [3.05, 3.63) is 112 Å². The Labute approximate surface area is 353 Å². The Morgan fingerprint density at radius 2 is 1.69 bits per heavy atom. The predicted molar refractivity (Wildman–Crippen MR) is 221 cm³/mol. The third-order valence-corrected chi connectivity index (χ3v) is 12.5. The number of azo groups is 1. The van der Waals surface area contributed by atoms with Crippen molar-refractivity contribution in [2.45, 2.75) is 67.3 Å². The molecule has 0 bridgehead atoms. The van der Waals surface area contributed by atoms with Gasteiger partial charge in [-0.2, -0.15) is 23.5 Å². The Morgan fingerprint density at radius 3 is 2.40 bits per heavy atom. The molecule has 18 nitrogen and oxygen atoms in total. The van der Waals surface area contributed by atoms with E-state index in [-0.39, 0.29) is 50.8 Å². The summed E-state index contributed by atoms with van der Waals surface area (Å²) in [6, 6.07) is 18.8. The van der Waals surface area contributed by atoms with Crippen LogP contribution in [0.2, 0.25) is 0 Å². The molecule has 5 aromatic carbocycles. The molecule has 0 spiro atoms. The van der Waals surface area contributed by atoms with Crippen molar-refractivity contribution in [3.63, 3.8) is 0 Å². The molecule has 0 saturated carbocycles. The van der Waals surface area contributed by atoms with E-state index in [4.69, 9.17) is 19.9 Å². The zero-order valence-electron chi connectivity index (χ0n) is 33.1. The van der Waals surface area contributed by atoms with Gasteiger partial charge in [-0.15, -0.1) is 5.11 Å². The van der Waals surface area contributed by atoms with Crippen LogP contribution in [0.1, 0.15) is 68.8 Å². The number of nitrogens with two attached hydrogens (primary N) is 1. The van der Waals surface area contributed by atoms with Crippen LogP contribution in [0.15, 0.2) is 99.1 Å². The first-order valence-corrected chi connectivity index (χ1v) is 20.8. The average Bonchev–Trinajstić information content (AvgIpc) is 3.25. The molecule has 2 aliphatic carbocycles. The smallest absolute Gasteiger partial charge is 0.276 e. The van der Waals surface area contributed by atoms with Crippen LogP contribution in [0.3, 0.4) is 0 Å². The molecule has 2 unspecified atom stereocenters. The summed E-state index contributed by atoms with van der Waals surface area (Å²) in [6.07, 6.45) is -5.90. The molecule has 0 amide bonds. The molecule has 0 aromatic heterocycles. The van der Waals surface area contributed by atoms with Gasteiger partial charge in [0.05, 0.1) is 70.7 Å². The lowest BCUT2D eigenvalue weighted by molar-refractivity contribution is -0.245. The fourth-order valence-electron chi connectivity index (χ4n) is 8.21. The zero-order valence-corrected chi connectivity index (χ0v) is 33.9. The highest BCUT2D eigenvalue weighted by atomic mass is 32.2. The summed E-state index contributed by atoms with van der Waals surface area (Å²) in [6.45, 7) is 0.502. The van der Waals surface area contributed by atoms with Crippen LogP contribution < -0.4 is 15.3 Å². The molecule has 322 valence electrons. The lowest BCUT2D eigenvalue weighted by Gasteiger charge is -2.43. The standard InChI is InChI=1S/C43H41N5O13S/c1-20-38(51)28(44)16-33(60-20)61-31-18-43(56,17-27-35(31)42(55)37-36(40(27)53)39(52)25-9-6-10-30(59-2)34(25)41(37)54)32(19-49)47-48-62(57,58)24-13-21-11-12-23(50)14-26(21)29(15-24)46-45-22-7-4-3-5-8-22/h3-15,20,28,31,33,38,48-51,53,55-56H,16-19,44H2,1-2H3/b46-45-,47-32+/t20?,28?,31-,33-,38+,43+/m0/s1. The molecule has 8 rings (SSSR count). The number of carbonyl (C=O) groups is 2. The number of benzene rings is 5. The van der Waals surface area contributed by atoms with E-state index in [9.17, 15) is 48.6 Å². The van der Waals surface area contributed by atoms with Crippen LogP contribution in [-0.4, -0.2) is 100 Å². The number of methoxy groups -OCH3 is 1. The van der Waals surface area contributed by atoms with Gasteiger partial charge in [-0.3, -0.25) is 9.59 Å². The van der Waals surface area contributed by atoms with E-state index in [0.717, 1.165) is 0 Å². The summed E-state index contributed by atoms with van der Waals surface area (Å²) in [4.78, 5) is 29.8. The molecule has 1 heterocycles. The second kappa shape index (κ2) is 16.2. The monoisotopic (exact) mass is 867 g/mol. The van der Waals surface area contributed by atoms with Crippen molar-refractivity contribution in [3.8, 4) is 23.0 Å². The van der Waals surface area contributed by atoms with Gasteiger partial charge in [0.1, 0.15) is 28.6 Å². The highest BCUT2D eigenvalue weighted by Gasteiger charge is 2.49. The lowest BCUT2D eigenvalue weighted by Crippen LogP contribution is -2.53. The fourth-order valence-corrected chi connectivity index (χ4v) is 9.09. The van der Waals surface area contributed by atoms with Crippen LogP contribution in [0.25, 0.3) is 10.8 Å². The van der Waals surface area contributed by atoms with Gasteiger partial charge in [0.2, 0.25) is 5.78 Å². The van der Waals surface area contributed by atoms with E-state index in [0.29, 0.717) is 16.5 Å². The number of rotatable bonds is 10. The van der Waals surface area contributed by atoms with E-state index in [1.54, 1.807) is 37.3 Å². The summed E-state index contributed by atoms with van der Waals surface area (Å²) in [5.41, 5.74) is 1.97. The van der Waals surface area contributed by atoms with Gasteiger partial charge < -0.3 is 50.6 Å². The number of hydrazone groups is 1. The number of nitrogens with zero attached hydrogens (tertiary/aromatic N) is 3. The number of fused-ring (bicyclic) bond motifs is 4. The quantitative estimate of drug-likeness (QED) is 0.0418. The van der Waals surface area contributed by atoms with Crippen molar-refractivity contribution in [2.24, 2.45) is 21.1 Å². The summed E-state index contributed by atoms with van der Waals surface area (Å²) in [7, 11) is -3.32. The minimum atomic E-state index is -4.62. The Bertz CT molecular complexity index is 2810. The summed E-state index contributed by atoms with van der Waals surface area (Å²) in [5, 5.41) is 80.8. The van der Waals surface area contributed by atoms with Crippen LogP contribution >= 0.6 is 0 Å². The third-order valence-electron chi connectivity index (χ3n) is 11.4. The number of aliphatic hydroxyl groups is 3. The van der Waals surface area contributed by atoms with Gasteiger partial charge in [0.25, 0.3) is 10.0 Å². The molecule has 1 fully saturated rings. The van der Waals surface area contributed by atoms with Crippen molar-refractivity contribution in [1.82, 2.24) is 4.83 Å². The Kier molecular flexibility index (Phi) is 11.1. The second-order valence-electron chi connectivity index (χ2n) is 15.3. The van der Waals surface area contributed by atoms with Gasteiger partial charge in [-0.05, 0) is 54.8 Å². The maximum atomic E-state index is 14.1. The van der Waals surface area contributed by atoms with E-state index in [2.05, 4.69) is 20.2 Å². The highest BCUT2D eigenvalue weighted by Crippen LogP contribution is 2.53. The average molecular weight is 868 g/mol. The van der Waals surface area contributed by atoms with E-state index in [1.165, 1.54) is 55.6 Å². The molecule has 0 radical (unpaired) electrons. The van der Waals surface area contributed by atoms with E-state index in [1.807, 2.05) is 0 Å². The second-order valence-corrected chi connectivity index (χ2v) is 16.9. The Morgan fingerprint density at radius 1 is 0.952 bits per heavy atom. The number of carbonyl (C=O) groups excluding carboxylic acids is 2. The normalized spacial score (nSPS) is 23.8. The maximum absolute atomic E-state index is 14.1. The van der Waals surface area contributed by atoms with Gasteiger partial charge >= 0.3 is 0 Å². The molecular formula is C43H41N5O13S. The highest BCUT2D eigenvalue weighted by molar-refractivity contribution is 7.89. The first kappa shape index (κ1) is 42.4. The predicted octanol–water partition coefficient (Wildman–Crippen LogP) is 4.04. The lowest BCUT2D eigenvalue weighted by atomic mass is 9.71. The maximum Gasteiger partial charge on any atom is 0.276 e. The molecule has 62 heavy (non-hydrogen) atoms. The first-order chi connectivity index (χ1) is 29.5. The van der Waals surface area contributed by atoms with Crippen LogP contribution in [0.4, 0.5) is 11.4 Å². The zero-order chi connectivity index (χ0) is 44.2. The van der Waals surface area contributed by atoms with Gasteiger partial charge in [0, 0.05) is 47.4 Å². The van der Waals surface area contributed by atoms with Crippen molar-refractivity contribution >= 4 is 49.4 Å². The van der Waals surface area contributed by atoms with E-state index >= 15 is 0 Å². The summed E-state index contributed by atoms with van der Waals surface area (Å²) >= 11 is 0. The molecule has 1 aliphatic heterocycles. The molecule has 3 aliphatic rings. The number of sulfonamides is 1. The number of phenols is 3. The third kappa shape index (κ3) is 7.42. The van der Waals surface area contributed by atoms with E-state index < -0.39 is 106 Å². The van der Waals surface area contributed by atoms with Gasteiger partial charge in [-0.1, -0.05) is 36.4 Å².